The molecule has 10 heavy (non-hydrogen) atoms. The summed E-state index contributed by atoms with van der Waals surface area (Å²) < 4.78 is 2.30. The van der Waals surface area contributed by atoms with Gasteiger partial charge in [0.1, 0.15) is 0 Å². The second kappa shape index (κ2) is 5.88. The van der Waals surface area contributed by atoms with Gasteiger partial charge in [-0.1, -0.05) is 0 Å². The summed E-state index contributed by atoms with van der Waals surface area (Å²) in [5.41, 5.74) is 0. The second-order valence-electron chi connectivity index (χ2n) is 1.15. The summed E-state index contributed by atoms with van der Waals surface area (Å²) in [5.74, 6) is 0. The molecule has 0 saturated carbocycles. The van der Waals surface area contributed by atoms with Crippen LogP contribution in [0.3, 0.4) is 0 Å². The number of hydrogen-bond donors (Lipinski definition) is 1. The molecule has 0 atom stereocenters. The van der Waals surface area contributed by atoms with Crippen LogP contribution in [0.4, 0.5) is 0 Å². The maximum atomic E-state index is 8.36. The number of halogens is 2. The third kappa shape index (κ3) is 4.03. The highest BCUT2D eigenvalue weighted by Crippen LogP contribution is 2.27. The van der Waals surface area contributed by atoms with E-state index in [2.05, 4.69) is 31.9 Å². The first-order valence-electron chi connectivity index (χ1n) is 2.18. The Bertz CT molecular complexity index is 183. The SMILES string of the molecule is Brc1ccsc1Br.O=CO. The largest absolute Gasteiger partial charge is 0.483 e. The van der Waals surface area contributed by atoms with Gasteiger partial charge in [0.05, 0.1) is 3.79 Å². The maximum absolute atomic E-state index is 8.36. The molecule has 1 aromatic rings. The molecule has 0 radical (unpaired) electrons. The van der Waals surface area contributed by atoms with Crippen LogP contribution in [0.5, 0.6) is 0 Å². The van der Waals surface area contributed by atoms with Crippen LogP contribution in [0.25, 0.3) is 0 Å². The van der Waals surface area contributed by atoms with Crippen LogP contribution in [0, 0.1) is 0 Å². The predicted molar refractivity (Wildman–Crippen MR) is 48.4 cm³/mol. The first-order valence-corrected chi connectivity index (χ1v) is 4.65. The molecule has 0 fully saturated rings. The van der Waals surface area contributed by atoms with Crippen molar-refractivity contribution in [3.8, 4) is 0 Å². The van der Waals surface area contributed by atoms with E-state index in [4.69, 9.17) is 9.90 Å². The van der Waals surface area contributed by atoms with Gasteiger partial charge in [-0.3, -0.25) is 4.79 Å². The van der Waals surface area contributed by atoms with E-state index in [1.807, 2.05) is 11.4 Å². The monoisotopic (exact) mass is 286 g/mol. The van der Waals surface area contributed by atoms with E-state index in [0.29, 0.717) is 0 Å². The quantitative estimate of drug-likeness (QED) is 0.745. The molecule has 0 saturated heterocycles. The summed E-state index contributed by atoms with van der Waals surface area (Å²) >= 11 is 8.34. The molecule has 1 heterocycles. The van der Waals surface area contributed by atoms with E-state index in [0.717, 1.165) is 8.26 Å². The number of carboxylic acid groups (broad SMARTS) is 1. The molecule has 0 amide bonds. The van der Waals surface area contributed by atoms with Crippen molar-refractivity contribution in [3.63, 3.8) is 0 Å². The minimum absolute atomic E-state index is 0.250. The molecule has 0 aromatic carbocycles. The van der Waals surface area contributed by atoms with E-state index in [-0.39, 0.29) is 6.47 Å². The number of carbonyl (C=O) groups is 1. The summed E-state index contributed by atoms with van der Waals surface area (Å²) in [6.07, 6.45) is 0. The van der Waals surface area contributed by atoms with Crippen molar-refractivity contribution in [3.05, 3.63) is 19.7 Å². The van der Waals surface area contributed by atoms with Crippen LogP contribution in [-0.4, -0.2) is 11.6 Å². The number of hydrogen-bond acceptors (Lipinski definition) is 2. The minimum Gasteiger partial charge on any atom is -0.483 e. The van der Waals surface area contributed by atoms with Crippen molar-refractivity contribution in [2.24, 2.45) is 0 Å². The Morgan fingerprint density at radius 1 is 1.60 bits per heavy atom. The predicted octanol–water partition coefficient (Wildman–Crippen LogP) is 2.97. The summed E-state index contributed by atoms with van der Waals surface area (Å²) in [6.45, 7) is -0.250. The molecule has 2 nitrogen and oxygen atoms in total. The van der Waals surface area contributed by atoms with Crippen LogP contribution in [0.1, 0.15) is 0 Å². The summed E-state index contributed by atoms with van der Waals surface area (Å²) in [7, 11) is 0. The third-order valence-electron chi connectivity index (χ3n) is 0.574. The van der Waals surface area contributed by atoms with Crippen LogP contribution in [0.15, 0.2) is 19.7 Å². The van der Waals surface area contributed by atoms with Gasteiger partial charge in [0, 0.05) is 4.47 Å². The highest BCUT2D eigenvalue weighted by molar-refractivity contribution is 9.13. The van der Waals surface area contributed by atoms with E-state index in [9.17, 15) is 0 Å². The lowest BCUT2D eigenvalue weighted by atomic mass is 10.7. The van der Waals surface area contributed by atoms with Gasteiger partial charge in [-0.15, -0.1) is 11.3 Å². The molecule has 0 spiro atoms. The topological polar surface area (TPSA) is 37.3 Å². The molecule has 0 aliphatic carbocycles. The van der Waals surface area contributed by atoms with Gasteiger partial charge in [0.25, 0.3) is 6.47 Å². The Kier molecular flexibility index (Phi) is 5.96. The lowest BCUT2D eigenvalue weighted by molar-refractivity contribution is -0.122. The Morgan fingerprint density at radius 3 is 2.20 bits per heavy atom. The van der Waals surface area contributed by atoms with E-state index in [1.54, 1.807) is 11.3 Å². The Balaban J connectivity index is 0.000000236. The molecule has 1 rings (SSSR count). The van der Waals surface area contributed by atoms with Crippen LogP contribution < -0.4 is 0 Å². The molecule has 1 N–H and O–H groups in total. The van der Waals surface area contributed by atoms with E-state index in [1.165, 1.54) is 0 Å². The summed E-state index contributed by atoms with van der Waals surface area (Å²) in [4.78, 5) is 8.36. The third-order valence-corrected chi connectivity index (χ3v) is 3.72. The van der Waals surface area contributed by atoms with Crippen molar-refractivity contribution in [1.29, 1.82) is 0 Å². The zero-order valence-corrected chi connectivity index (χ0v) is 8.74. The lowest BCUT2D eigenvalue weighted by Gasteiger charge is -1.74. The zero-order chi connectivity index (χ0) is 7.98. The Hall–Kier alpha value is 0.130. The van der Waals surface area contributed by atoms with Gasteiger partial charge in [0.2, 0.25) is 0 Å². The highest BCUT2D eigenvalue weighted by Gasteiger charge is 1.91. The van der Waals surface area contributed by atoms with Crippen LogP contribution in [-0.2, 0) is 4.79 Å². The Labute approximate surface area is 79.1 Å². The number of rotatable bonds is 0. The van der Waals surface area contributed by atoms with Crippen LogP contribution >= 0.6 is 43.2 Å². The maximum Gasteiger partial charge on any atom is 0.290 e. The van der Waals surface area contributed by atoms with E-state index >= 15 is 0 Å². The molecule has 0 unspecified atom stereocenters. The first kappa shape index (κ1) is 10.1. The smallest absolute Gasteiger partial charge is 0.290 e. The van der Waals surface area contributed by atoms with Gasteiger partial charge >= 0.3 is 0 Å². The fraction of sp³-hybridized carbons (Fsp3) is 0. The summed E-state index contributed by atoms with van der Waals surface area (Å²) in [6, 6.07) is 2.01. The molecular formula is C5H4Br2O2S. The standard InChI is InChI=1S/C4H2Br2S.CH2O2/c5-3-1-2-7-4(3)6;2-1-3/h1-2H;1H,(H,2,3). The first-order chi connectivity index (χ1) is 4.72. The molecule has 1 aromatic heterocycles. The van der Waals surface area contributed by atoms with Crippen molar-refractivity contribution in [2.75, 3.05) is 0 Å². The minimum atomic E-state index is -0.250. The molecular weight excluding hydrogens is 284 g/mol. The van der Waals surface area contributed by atoms with Crippen molar-refractivity contribution < 1.29 is 9.90 Å². The number of thiophene rings is 1. The van der Waals surface area contributed by atoms with Gasteiger partial charge < -0.3 is 5.11 Å². The average molecular weight is 288 g/mol. The molecule has 0 aliphatic rings. The van der Waals surface area contributed by atoms with Crippen molar-refractivity contribution in [1.82, 2.24) is 0 Å². The van der Waals surface area contributed by atoms with E-state index < -0.39 is 0 Å². The second-order valence-corrected chi connectivity index (χ2v) is 4.24. The fourth-order valence-corrected chi connectivity index (χ4v) is 1.82. The van der Waals surface area contributed by atoms with Gasteiger partial charge in [0.15, 0.2) is 0 Å². The molecule has 56 valence electrons. The van der Waals surface area contributed by atoms with Crippen LogP contribution in [0.2, 0.25) is 0 Å². The Morgan fingerprint density at radius 2 is 2.10 bits per heavy atom. The molecule has 5 heteroatoms. The zero-order valence-electron chi connectivity index (χ0n) is 4.75. The summed E-state index contributed by atoms with van der Waals surface area (Å²) in [5, 5.41) is 8.91. The lowest BCUT2D eigenvalue weighted by Crippen LogP contribution is -1.49. The molecule has 0 bridgehead atoms. The van der Waals surface area contributed by atoms with Crippen molar-refractivity contribution >= 4 is 49.7 Å². The van der Waals surface area contributed by atoms with Gasteiger partial charge in [-0.2, -0.15) is 0 Å². The normalized spacial score (nSPS) is 7.80. The van der Waals surface area contributed by atoms with Gasteiger partial charge in [-0.05, 0) is 43.3 Å². The molecule has 0 aliphatic heterocycles. The van der Waals surface area contributed by atoms with Crippen molar-refractivity contribution in [2.45, 2.75) is 0 Å². The average Bonchev–Trinajstić information content (AvgIpc) is 2.19. The van der Waals surface area contributed by atoms with Gasteiger partial charge in [-0.25, -0.2) is 0 Å². The fourth-order valence-electron chi connectivity index (χ4n) is 0.275. The highest BCUT2D eigenvalue weighted by atomic mass is 79.9.